The van der Waals surface area contributed by atoms with Crippen LogP contribution < -0.4 is 5.32 Å². The number of aryl methyl sites for hydroxylation is 2. The molecule has 0 saturated heterocycles. The fraction of sp³-hybridized carbons (Fsp3) is 0.222. The summed E-state index contributed by atoms with van der Waals surface area (Å²) in [7, 11) is 0. The Balaban J connectivity index is 2.01. The van der Waals surface area contributed by atoms with Gasteiger partial charge in [0.15, 0.2) is 6.10 Å². The molecule has 0 aliphatic rings. The molecule has 0 spiro atoms. The van der Waals surface area contributed by atoms with Crippen LogP contribution in [0, 0.1) is 13.8 Å². The summed E-state index contributed by atoms with van der Waals surface area (Å²) in [5.41, 5.74) is 3.07. The van der Waals surface area contributed by atoms with Gasteiger partial charge < -0.3 is 10.1 Å². The van der Waals surface area contributed by atoms with Crippen LogP contribution in [0.4, 0.5) is 5.69 Å². The standard InChI is InChI=1S/C18H18ClNO3/c1-11-7-8-16(12(2)9-11)20-17(21)13(3)23-18(22)14-5-4-6-15(19)10-14/h4-10,13H,1-3H3,(H,20,21)/t13-/m0/s1. The first-order chi connectivity index (χ1) is 10.9. The van der Waals surface area contributed by atoms with Crippen molar-refractivity contribution >= 4 is 29.2 Å². The molecular formula is C18H18ClNO3. The molecule has 0 bridgehead atoms. The second-order valence-electron chi connectivity index (χ2n) is 5.37. The first kappa shape index (κ1) is 17.0. The van der Waals surface area contributed by atoms with E-state index < -0.39 is 12.1 Å². The summed E-state index contributed by atoms with van der Waals surface area (Å²) < 4.78 is 5.18. The third-order valence-electron chi connectivity index (χ3n) is 3.35. The normalized spacial score (nSPS) is 11.7. The van der Waals surface area contributed by atoms with E-state index >= 15 is 0 Å². The number of hydrogen-bond donors (Lipinski definition) is 1. The molecule has 1 amide bonds. The van der Waals surface area contributed by atoms with Crippen molar-refractivity contribution in [2.45, 2.75) is 26.9 Å². The summed E-state index contributed by atoms with van der Waals surface area (Å²) in [5.74, 6) is -0.969. The van der Waals surface area contributed by atoms with Gasteiger partial charge in [-0.1, -0.05) is 35.4 Å². The number of anilines is 1. The minimum atomic E-state index is -0.915. The lowest BCUT2D eigenvalue weighted by Gasteiger charge is -2.15. The number of carbonyl (C=O) groups is 2. The van der Waals surface area contributed by atoms with E-state index in [0.29, 0.717) is 16.3 Å². The number of nitrogens with one attached hydrogen (secondary N) is 1. The first-order valence-corrected chi connectivity index (χ1v) is 7.59. The molecule has 4 nitrogen and oxygen atoms in total. The summed E-state index contributed by atoms with van der Waals surface area (Å²) in [6, 6.07) is 12.1. The zero-order chi connectivity index (χ0) is 17.0. The molecule has 0 aliphatic heterocycles. The molecular weight excluding hydrogens is 314 g/mol. The Hall–Kier alpha value is -2.33. The van der Waals surface area contributed by atoms with Gasteiger partial charge in [-0.25, -0.2) is 4.79 Å². The van der Waals surface area contributed by atoms with Crippen LogP contribution >= 0.6 is 11.6 Å². The molecule has 2 aromatic rings. The van der Waals surface area contributed by atoms with E-state index in [2.05, 4.69) is 5.32 Å². The van der Waals surface area contributed by atoms with E-state index in [4.69, 9.17) is 16.3 Å². The van der Waals surface area contributed by atoms with E-state index in [1.807, 2.05) is 32.0 Å². The van der Waals surface area contributed by atoms with Crippen LogP contribution in [-0.2, 0) is 9.53 Å². The molecule has 0 aliphatic carbocycles. The molecule has 2 aromatic carbocycles. The molecule has 1 atom stereocenters. The monoisotopic (exact) mass is 331 g/mol. The van der Waals surface area contributed by atoms with E-state index in [-0.39, 0.29) is 5.91 Å². The van der Waals surface area contributed by atoms with Gasteiger partial charge in [-0.15, -0.1) is 0 Å². The second kappa shape index (κ2) is 7.29. The Morgan fingerprint density at radius 3 is 2.52 bits per heavy atom. The number of esters is 1. The molecule has 5 heteroatoms. The van der Waals surface area contributed by atoms with Crippen molar-refractivity contribution in [1.82, 2.24) is 0 Å². The van der Waals surface area contributed by atoms with Gasteiger partial charge in [0, 0.05) is 10.7 Å². The SMILES string of the molecule is Cc1ccc(NC(=O)[C@H](C)OC(=O)c2cccc(Cl)c2)c(C)c1. The largest absolute Gasteiger partial charge is 0.449 e. The van der Waals surface area contributed by atoms with Gasteiger partial charge in [0.05, 0.1) is 5.56 Å². The summed E-state index contributed by atoms with van der Waals surface area (Å²) in [6.45, 7) is 5.42. The third kappa shape index (κ3) is 4.57. The van der Waals surface area contributed by atoms with Crippen molar-refractivity contribution in [3.05, 3.63) is 64.2 Å². The highest BCUT2D eigenvalue weighted by atomic mass is 35.5. The van der Waals surface area contributed by atoms with Crippen molar-refractivity contribution in [2.24, 2.45) is 0 Å². The number of ether oxygens (including phenoxy) is 1. The van der Waals surface area contributed by atoms with Crippen LogP contribution in [0.1, 0.15) is 28.4 Å². The maximum Gasteiger partial charge on any atom is 0.338 e. The van der Waals surface area contributed by atoms with Crippen LogP contribution in [0.5, 0.6) is 0 Å². The fourth-order valence-corrected chi connectivity index (χ4v) is 2.28. The lowest BCUT2D eigenvalue weighted by atomic mass is 10.1. The third-order valence-corrected chi connectivity index (χ3v) is 3.59. The molecule has 0 radical (unpaired) electrons. The lowest BCUT2D eigenvalue weighted by Crippen LogP contribution is -2.30. The van der Waals surface area contributed by atoms with Crippen LogP contribution in [0.15, 0.2) is 42.5 Å². The lowest BCUT2D eigenvalue weighted by molar-refractivity contribution is -0.123. The van der Waals surface area contributed by atoms with Gasteiger partial charge in [-0.05, 0) is 50.6 Å². The van der Waals surface area contributed by atoms with E-state index in [1.165, 1.54) is 13.0 Å². The molecule has 120 valence electrons. The Morgan fingerprint density at radius 2 is 1.87 bits per heavy atom. The highest BCUT2D eigenvalue weighted by Crippen LogP contribution is 2.17. The van der Waals surface area contributed by atoms with Crippen molar-refractivity contribution in [2.75, 3.05) is 5.32 Å². The first-order valence-electron chi connectivity index (χ1n) is 7.21. The topological polar surface area (TPSA) is 55.4 Å². The smallest absolute Gasteiger partial charge is 0.338 e. The van der Waals surface area contributed by atoms with Gasteiger partial charge in [-0.3, -0.25) is 4.79 Å². The predicted molar refractivity (Wildman–Crippen MR) is 90.9 cm³/mol. The molecule has 1 N–H and O–H groups in total. The summed E-state index contributed by atoms with van der Waals surface area (Å²) in [4.78, 5) is 24.2. The highest BCUT2D eigenvalue weighted by Gasteiger charge is 2.19. The zero-order valence-electron chi connectivity index (χ0n) is 13.2. The van der Waals surface area contributed by atoms with Gasteiger partial charge in [-0.2, -0.15) is 0 Å². The molecule has 0 heterocycles. The number of amides is 1. The fourth-order valence-electron chi connectivity index (χ4n) is 2.09. The van der Waals surface area contributed by atoms with Crippen molar-refractivity contribution < 1.29 is 14.3 Å². The Morgan fingerprint density at radius 1 is 1.13 bits per heavy atom. The maximum atomic E-state index is 12.2. The predicted octanol–water partition coefficient (Wildman–Crippen LogP) is 4.14. The number of benzene rings is 2. The van der Waals surface area contributed by atoms with Gasteiger partial charge in [0.2, 0.25) is 0 Å². The molecule has 0 saturated carbocycles. The number of carbonyl (C=O) groups excluding carboxylic acids is 2. The summed E-state index contributed by atoms with van der Waals surface area (Å²) in [6.07, 6.45) is -0.915. The van der Waals surface area contributed by atoms with E-state index in [1.54, 1.807) is 18.2 Å². The van der Waals surface area contributed by atoms with Crippen molar-refractivity contribution in [3.63, 3.8) is 0 Å². The Bertz CT molecular complexity index is 743. The summed E-state index contributed by atoms with van der Waals surface area (Å²) >= 11 is 5.84. The second-order valence-corrected chi connectivity index (χ2v) is 5.80. The molecule has 2 rings (SSSR count). The minimum Gasteiger partial charge on any atom is -0.449 e. The van der Waals surface area contributed by atoms with Crippen LogP contribution in [0.3, 0.4) is 0 Å². The molecule has 23 heavy (non-hydrogen) atoms. The number of halogens is 1. The number of rotatable bonds is 4. The zero-order valence-corrected chi connectivity index (χ0v) is 14.0. The molecule has 0 unspecified atom stereocenters. The quantitative estimate of drug-likeness (QED) is 0.857. The maximum absolute atomic E-state index is 12.2. The Labute approximate surface area is 140 Å². The Kier molecular flexibility index (Phi) is 5.40. The molecule has 0 aromatic heterocycles. The van der Waals surface area contributed by atoms with Crippen LogP contribution in [0.2, 0.25) is 5.02 Å². The average Bonchev–Trinajstić information content (AvgIpc) is 2.49. The van der Waals surface area contributed by atoms with Crippen LogP contribution in [0.25, 0.3) is 0 Å². The van der Waals surface area contributed by atoms with Crippen molar-refractivity contribution in [1.29, 1.82) is 0 Å². The van der Waals surface area contributed by atoms with Crippen molar-refractivity contribution in [3.8, 4) is 0 Å². The average molecular weight is 332 g/mol. The van der Waals surface area contributed by atoms with Gasteiger partial charge >= 0.3 is 5.97 Å². The number of hydrogen-bond acceptors (Lipinski definition) is 3. The van der Waals surface area contributed by atoms with Crippen LogP contribution in [-0.4, -0.2) is 18.0 Å². The van der Waals surface area contributed by atoms with Gasteiger partial charge in [0.25, 0.3) is 5.91 Å². The summed E-state index contributed by atoms with van der Waals surface area (Å²) in [5, 5.41) is 3.20. The van der Waals surface area contributed by atoms with E-state index in [9.17, 15) is 9.59 Å². The highest BCUT2D eigenvalue weighted by molar-refractivity contribution is 6.30. The van der Waals surface area contributed by atoms with E-state index in [0.717, 1.165) is 11.1 Å². The minimum absolute atomic E-state index is 0.309. The molecule has 0 fully saturated rings. The van der Waals surface area contributed by atoms with Gasteiger partial charge in [0.1, 0.15) is 0 Å².